The first-order valence-electron chi connectivity index (χ1n) is 8.65. The molecule has 24 heavy (non-hydrogen) atoms. The SMILES string of the molecule is CCCCCCCC1CC2(NC(=O)NC2=O)c2cc(Br)ccc2O1. The van der Waals surface area contributed by atoms with E-state index in [-0.39, 0.29) is 12.0 Å². The maximum absolute atomic E-state index is 12.5. The number of carbonyl (C=O) groups excluding carboxylic acids is 2. The van der Waals surface area contributed by atoms with Crippen molar-refractivity contribution in [1.82, 2.24) is 10.6 Å². The molecule has 6 heteroatoms. The highest BCUT2D eigenvalue weighted by molar-refractivity contribution is 9.10. The molecule has 0 bridgehead atoms. The molecule has 1 fully saturated rings. The molecule has 2 aliphatic rings. The molecule has 1 aromatic rings. The van der Waals surface area contributed by atoms with Crippen LogP contribution in [0.3, 0.4) is 0 Å². The Balaban J connectivity index is 1.79. The average Bonchev–Trinajstić information content (AvgIpc) is 2.82. The van der Waals surface area contributed by atoms with Crippen molar-refractivity contribution in [3.8, 4) is 5.75 Å². The lowest BCUT2D eigenvalue weighted by molar-refractivity contribution is -0.126. The van der Waals surface area contributed by atoms with E-state index in [9.17, 15) is 9.59 Å². The fourth-order valence-electron chi connectivity index (χ4n) is 3.57. The van der Waals surface area contributed by atoms with Gasteiger partial charge >= 0.3 is 6.03 Å². The third-order valence-electron chi connectivity index (χ3n) is 4.80. The molecule has 2 aliphatic heterocycles. The van der Waals surface area contributed by atoms with E-state index in [0.29, 0.717) is 12.2 Å². The van der Waals surface area contributed by atoms with Gasteiger partial charge in [0, 0.05) is 16.5 Å². The molecule has 5 nitrogen and oxygen atoms in total. The first-order chi connectivity index (χ1) is 11.5. The van der Waals surface area contributed by atoms with Crippen molar-refractivity contribution in [3.63, 3.8) is 0 Å². The van der Waals surface area contributed by atoms with E-state index in [1.165, 1.54) is 25.7 Å². The van der Waals surface area contributed by atoms with Gasteiger partial charge in [0.25, 0.3) is 5.91 Å². The van der Waals surface area contributed by atoms with Gasteiger partial charge in [0.1, 0.15) is 11.9 Å². The maximum Gasteiger partial charge on any atom is 0.322 e. The van der Waals surface area contributed by atoms with Gasteiger partial charge in [-0.2, -0.15) is 0 Å². The fourth-order valence-corrected chi connectivity index (χ4v) is 3.93. The van der Waals surface area contributed by atoms with Gasteiger partial charge in [-0.1, -0.05) is 48.5 Å². The topological polar surface area (TPSA) is 67.4 Å². The van der Waals surface area contributed by atoms with Gasteiger partial charge in [-0.05, 0) is 31.0 Å². The second-order valence-electron chi connectivity index (χ2n) is 6.60. The summed E-state index contributed by atoms with van der Waals surface area (Å²) >= 11 is 3.44. The minimum Gasteiger partial charge on any atom is -0.490 e. The average molecular weight is 395 g/mol. The van der Waals surface area contributed by atoms with Gasteiger partial charge in [0.05, 0.1) is 0 Å². The highest BCUT2D eigenvalue weighted by Gasteiger charge is 2.53. The predicted molar refractivity (Wildman–Crippen MR) is 94.9 cm³/mol. The van der Waals surface area contributed by atoms with Crippen molar-refractivity contribution in [3.05, 3.63) is 28.2 Å². The van der Waals surface area contributed by atoms with Gasteiger partial charge in [0.2, 0.25) is 0 Å². The number of amides is 3. The lowest BCUT2D eigenvalue weighted by Gasteiger charge is -2.37. The Bertz CT molecular complexity index is 649. The minimum atomic E-state index is -1.01. The molecule has 1 saturated heterocycles. The quantitative estimate of drug-likeness (QED) is 0.565. The van der Waals surface area contributed by atoms with Crippen molar-refractivity contribution in [2.45, 2.75) is 63.5 Å². The molecule has 0 saturated carbocycles. The van der Waals surface area contributed by atoms with E-state index in [1.807, 2.05) is 18.2 Å². The predicted octanol–water partition coefficient (Wildman–Crippen LogP) is 4.00. The molecule has 1 spiro atoms. The molecular formula is C18H23BrN2O3. The second-order valence-corrected chi connectivity index (χ2v) is 7.52. The Morgan fingerprint density at radius 3 is 2.75 bits per heavy atom. The van der Waals surface area contributed by atoms with Crippen molar-refractivity contribution in [2.75, 3.05) is 0 Å². The number of urea groups is 1. The van der Waals surface area contributed by atoms with E-state index in [1.54, 1.807) is 0 Å². The van der Waals surface area contributed by atoms with Gasteiger partial charge in [-0.25, -0.2) is 4.79 Å². The summed E-state index contributed by atoms with van der Waals surface area (Å²) in [6.07, 6.45) is 7.25. The van der Waals surface area contributed by atoms with Crippen LogP contribution in [0.15, 0.2) is 22.7 Å². The van der Waals surface area contributed by atoms with Crippen LogP contribution in [0.5, 0.6) is 5.75 Å². The van der Waals surface area contributed by atoms with Crippen LogP contribution >= 0.6 is 15.9 Å². The third kappa shape index (κ3) is 3.29. The number of carbonyl (C=O) groups is 2. The Hall–Kier alpha value is -1.56. The van der Waals surface area contributed by atoms with Gasteiger partial charge in [0.15, 0.2) is 5.54 Å². The zero-order valence-corrected chi connectivity index (χ0v) is 15.4. The van der Waals surface area contributed by atoms with E-state index < -0.39 is 11.6 Å². The van der Waals surface area contributed by atoms with Crippen LogP contribution in [-0.2, 0) is 10.3 Å². The highest BCUT2D eigenvalue weighted by atomic mass is 79.9. The van der Waals surface area contributed by atoms with Gasteiger partial charge < -0.3 is 10.1 Å². The Morgan fingerprint density at radius 2 is 2.04 bits per heavy atom. The van der Waals surface area contributed by atoms with Crippen LogP contribution in [0.4, 0.5) is 4.79 Å². The van der Waals surface area contributed by atoms with Crippen LogP contribution in [-0.4, -0.2) is 18.0 Å². The number of halogens is 1. The molecule has 0 aliphatic carbocycles. The van der Waals surface area contributed by atoms with Gasteiger partial charge in [-0.15, -0.1) is 0 Å². The summed E-state index contributed by atoms with van der Waals surface area (Å²) in [6, 6.07) is 5.18. The first kappa shape index (κ1) is 17.3. The number of unbranched alkanes of at least 4 members (excludes halogenated alkanes) is 4. The number of hydrogen-bond donors (Lipinski definition) is 2. The number of benzene rings is 1. The van der Waals surface area contributed by atoms with E-state index >= 15 is 0 Å². The monoisotopic (exact) mass is 394 g/mol. The first-order valence-corrected chi connectivity index (χ1v) is 9.45. The highest BCUT2D eigenvalue weighted by Crippen LogP contribution is 2.43. The number of rotatable bonds is 6. The number of fused-ring (bicyclic) bond motifs is 2. The van der Waals surface area contributed by atoms with Crippen molar-refractivity contribution in [2.24, 2.45) is 0 Å². The number of hydrogen-bond acceptors (Lipinski definition) is 3. The smallest absolute Gasteiger partial charge is 0.322 e. The maximum atomic E-state index is 12.5. The van der Waals surface area contributed by atoms with Crippen molar-refractivity contribution < 1.29 is 14.3 Å². The second kappa shape index (κ2) is 7.13. The summed E-state index contributed by atoms with van der Waals surface area (Å²) in [7, 11) is 0. The molecule has 2 N–H and O–H groups in total. The van der Waals surface area contributed by atoms with E-state index in [0.717, 1.165) is 22.9 Å². The van der Waals surface area contributed by atoms with Crippen molar-refractivity contribution in [1.29, 1.82) is 0 Å². The molecule has 2 unspecified atom stereocenters. The summed E-state index contributed by atoms with van der Waals surface area (Å²) < 4.78 is 6.97. The van der Waals surface area contributed by atoms with Crippen LogP contribution in [0.2, 0.25) is 0 Å². The zero-order valence-electron chi connectivity index (χ0n) is 13.9. The van der Waals surface area contributed by atoms with E-state index in [2.05, 4.69) is 33.5 Å². The van der Waals surface area contributed by atoms with Gasteiger partial charge in [-0.3, -0.25) is 10.1 Å². The summed E-state index contributed by atoms with van der Waals surface area (Å²) in [6.45, 7) is 2.20. The molecule has 130 valence electrons. The number of imide groups is 1. The lowest BCUT2D eigenvalue weighted by atomic mass is 9.81. The molecule has 0 aromatic heterocycles. The zero-order chi connectivity index (χ0) is 17.2. The lowest BCUT2D eigenvalue weighted by Crippen LogP contribution is -2.50. The molecular weight excluding hydrogens is 372 g/mol. The van der Waals surface area contributed by atoms with Crippen LogP contribution < -0.4 is 15.4 Å². The molecule has 2 heterocycles. The summed E-state index contributed by atoms with van der Waals surface area (Å²) in [5.74, 6) is 0.395. The van der Waals surface area contributed by atoms with Crippen LogP contribution in [0.25, 0.3) is 0 Å². The van der Waals surface area contributed by atoms with Crippen LogP contribution in [0.1, 0.15) is 57.4 Å². The Kier molecular flexibility index (Phi) is 5.13. The summed E-state index contributed by atoms with van der Waals surface area (Å²) in [4.78, 5) is 24.3. The fraction of sp³-hybridized carbons (Fsp3) is 0.556. The molecule has 3 rings (SSSR count). The summed E-state index contributed by atoms with van der Waals surface area (Å²) in [5.41, 5.74) is -0.287. The largest absolute Gasteiger partial charge is 0.490 e. The standard InChI is InChI=1S/C18H23BrN2O3/c1-2-3-4-5-6-7-13-11-18(16(22)20-17(23)21-18)14-10-12(19)8-9-15(14)24-13/h8-10,13H,2-7,11H2,1H3,(H2,20,21,22,23). The normalized spacial score (nSPS) is 25.2. The molecule has 0 radical (unpaired) electrons. The third-order valence-corrected chi connectivity index (χ3v) is 5.29. The van der Waals surface area contributed by atoms with E-state index in [4.69, 9.17) is 4.74 Å². The number of nitrogens with one attached hydrogen (secondary N) is 2. The molecule has 3 amide bonds. The summed E-state index contributed by atoms with van der Waals surface area (Å²) in [5, 5.41) is 5.23. The molecule has 1 aromatic carbocycles. The minimum absolute atomic E-state index is 0.0653. The Labute approximate surface area is 150 Å². The van der Waals surface area contributed by atoms with Crippen molar-refractivity contribution >= 4 is 27.9 Å². The Morgan fingerprint density at radius 1 is 1.25 bits per heavy atom. The van der Waals surface area contributed by atoms with Crippen LogP contribution in [0, 0.1) is 0 Å². The number of ether oxygens (including phenoxy) is 1. The molecule has 2 atom stereocenters.